The lowest BCUT2D eigenvalue weighted by Crippen LogP contribution is -2.05. The minimum atomic E-state index is -4.39. The summed E-state index contributed by atoms with van der Waals surface area (Å²) >= 11 is 0. The van der Waals surface area contributed by atoms with E-state index in [4.69, 9.17) is 0 Å². The first-order valence-electron chi connectivity index (χ1n) is 7.01. The highest BCUT2D eigenvalue weighted by Gasteiger charge is 2.30. The fourth-order valence-electron chi connectivity index (χ4n) is 2.18. The van der Waals surface area contributed by atoms with Gasteiger partial charge in [-0.05, 0) is 31.2 Å². The lowest BCUT2D eigenvalue weighted by atomic mass is 10.1. The van der Waals surface area contributed by atoms with Crippen molar-refractivity contribution in [2.24, 2.45) is 0 Å². The van der Waals surface area contributed by atoms with Crippen LogP contribution < -0.4 is 0 Å². The van der Waals surface area contributed by atoms with Crippen molar-refractivity contribution in [2.45, 2.75) is 13.1 Å². The minimum absolute atomic E-state index is 0.409. The Morgan fingerprint density at radius 3 is 2.09 bits per heavy atom. The molecule has 0 fully saturated rings. The average molecular weight is 314 g/mol. The Morgan fingerprint density at radius 2 is 1.48 bits per heavy atom. The zero-order chi connectivity index (χ0) is 16.4. The van der Waals surface area contributed by atoms with Crippen molar-refractivity contribution in [3.8, 4) is 22.6 Å². The van der Waals surface area contributed by atoms with Gasteiger partial charge in [0.05, 0.1) is 22.6 Å². The Morgan fingerprint density at radius 1 is 0.783 bits per heavy atom. The van der Waals surface area contributed by atoms with Crippen molar-refractivity contribution < 1.29 is 13.2 Å². The summed E-state index contributed by atoms with van der Waals surface area (Å²) in [5.41, 5.74) is 3.03. The second kappa shape index (κ2) is 5.83. The summed E-state index contributed by atoms with van der Waals surface area (Å²) in [5, 5.41) is 0. The van der Waals surface area contributed by atoms with E-state index in [1.807, 2.05) is 43.3 Å². The third kappa shape index (κ3) is 3.39. The van der Waals surface area contributed by atoms with Gasteiger partial charge < -0.3 is 0 Å². The van der Waals surface area contributed by atoms with Crippen LogP contribution in [-0.2, 0) is 6.18 Å². The van der Waals surface area contributed by atoms with Crippen molar-refractivity contribution in [1.29, 1.82) is 0 Å². The topological polar surface area (TPSA) is 25.8 Å². The molecule has 0 aliphatic carbocycles. The molecular weight excluding hydrogens is 301 g/mol. The molecule has 2 heterocycles. The summed E-state index contributed by atoms with van der Waals surface area (Å²) in [6.07, 6.45) is -3.56. The molecule has 3 rings (SSSR count). The predicted molar refractivity (Wildman–Crippen MR) is 82.6 cm³/mol. The summed E-state index contributed by atoms with van der Waals surface area (Å²) in [7, 11) is 0. The normalized spacial score (nSPS) is 11.5. The van der Waals surface area contributed by atoms with Gasteiger partial charge in [0.25, 0.3) is 0 Å². The number of pyridine rings is 2. The van der Waals surface area contributed by atoms with Crippen LogP contribution in [0.15, 0.2) is 60.8 Å². The van der Waals surface area contributed by atoms with Gasteiger partial charge in [-0.15, -0.1) is 0 Å². The van der Waals surface area contributed by atoms with Gasteiger partial charge in [-0.1, -0.05) is 35.9 Å². The number of hydrogen-bond acceptors (Lipinski definition) is 2. The zero-order valence-corrected chi connectivity index (χ0v) is 12.3. The van der Waals surface area contributed by atoms with Crippen molar-refractivity contribution in [2.75, 3.05) is 0 Å². The van der Waals surface area contributed by atoms with Crippen LogP contribution in [0.3, 0.4) is 0 Å². The van der Waals surface area contributed by atoms with E-state index in [0.29, 0.717) is 11.4 Å². The molecule has 0 amide bonds. The standard InChI is InChI=1S/C18H13F3N2/c1-12-5-7-13(8-6-12)15-3-2-4-17(23-15)16-10-9-14(11-22-16)18(19,20)21/h2-11H,1H3. The molecule has 116 valence electrons. The van der Waals surface area contributed by atoms with Crippen LogP contribution in [0.5, 0.6) is 0 Å². The Labute approximate surface area is 131 Å². The molecule has 0 saturated heterocycles. The second-order valence-corrected chi connectivity index (χ2v) is 5.20. The molecule has 0 N–H and O–H groups in total. The first-order chi connectivity index (χ1) is 10.9. The molecule has 0 unspecified atom stereocenters. The number of hydrogen-bond donors (Lipinski definition) is 0. The number of alkyl halides is 3. The quantitative estimate of drug-likeness (QED) is 0.654. The van der Waals surface area contributed by atoms with E-state index in [1.165, 1.54) is 6.07 Å². The maximum Gasteiger partial charge on any atom is 0.417 e. The van der Waals surface area contributed by atoms with Crippen LogP contribution >= 0.6 is 0 Å². The summed E-state index contributed by atoms with van der Waals surface area (Å²) in [5.74, 6) is 0. The van der Waals surface area contributed by atoms with Gasteiger partial charge in [0.15, 0.2) is 0 Å². The summed E-state index contributed by atoms with van der Waals surface area (Å²) < 4.78 is 37.8. The number of aryl methyl sites for hydroxylation is 1. The Bertz CT molecular complexity index is 807. The smallest absolute Gasteiger partial charge is 0.254 e. The van der Waals surface area contributed by atoms with Gasteiger partial charge in [0, 0.05) is 11.8 Å². The number of halogens is 3. The lowest BCUT2D eigenvalue weighted by molar-refractivity contribution is -0.137. The molecule has 0 aliphatic heterocycles. The van der Waals surface area contributed by atoms with Gasteiger partial charge in [0.2, 0.25) is 0 Å². The Hall–Kier alpha value is -2.69. The van der Waals surface area contributed by atoms with E-state index in [1.54, 1.807) is 6.07 Å². The third-order valence-electron chi connectivity index (χ3n) is 3.45. The van der Waals surface area contributed by atoms with Crippen molar-refractivity contribution in [1.82, 2.24) is 9.97 Å². The highest BCUT2D eigenvalue weighted by atomic mass is 19.4. The van der Waals surface area contributed by atoms with Crippen LogP contribution in [0.1, 0.15) is 11.1 Å². The molecule has 0 atom stereocenters. The van der Waals surface area contributed by atoms with Gasteiger partial charge >= 0.3 is 6.18 Å². The predicted octanol–water partition coefficient (Wildman–Crippen LogP) is 5.14. The number of aromatic nitrogens is 2. The SMILES string of the molecule is Cc1ccc(-c2cccc(-c3ccc(C(F)(F)F)cn3)n2)cc1. The molecule has 23 heavy (non-hydrogen) atoms. The van der Waals surface area contributed by atoms with E-state index in [-0.39, 0.29) is 0 Å². The van der Waals surface area contributed by atoms with E-state index in [2.05, 4.69) is 9.97 Å². The average Bonchev–Trinajstić information content (AvgIpc) is 2.55. The first kappa shape index (κ1) is 15.2. The monoisotopic (exact) mass is 314 g/mol. The molecule has 0 saturated carbocycles. The molecule has 5 heteroatoms. The van der Waals surface area contributed by atoms with Crippen molar-refractivity contribution in [3.63, 3.8) is 0 Å². The van der Waals surface area contributed by atoms with Gasteiger partial charge in [-0.25, -0.2) is 4.98 Å². The van der Waals surface area contributed by atoms with E-state index in [9.17, 15) is 13.2 Å². The Kier molecular flexibility index (Phi) is 3.86. The van der Waals surface area contributed by atoms with Gasteiger partial charge in [-0.3, -0.25) is 4.98 Å². The third-order valence-corrected chi connectivity index (χ3v) is 3.45. The summed E-state index contributed by atoms with van der Waals surface area (Å²) in [6, 6.07) is 15.7. The van der Waals surface area contributed by atoms with Crippen LogP contribution in [0.2, 0.25) is 0 Å². The molecular formula is C18H13F3N2. The van der Waals surface area contributed by atoms with E-state index in [0.717, 1.165) is 29.1 Å². The molecule has 2 nitrogen and oxygen atoms in total. The fourth-order valence-corrected chi connectivity index (χ4v) is 2.18. The van der Waals surface area contributed by atoms with Crippen LogP contribution in [-0.4, -0.2) is 9.97 Å². The second-order valence-electron chi connectivity index (χ2n) is 5.20. The maximum absolute atomic E-state index is 12.6. The largest absolute Gasteiger partial charge is 0.417 e. The van der Waals surface area contributed by atoms with Crippen LogP contribution in [0.25, 0.3) is 22.6 Å². The van der Waals surface area contributed by atoms with Crippen LogP contribution in [0.4, 0.5) is 13.2 Å². The molecule has 0 spiro atoms. The van der Waals surface area contributed by atoms with Gasteiger partial charge in [0.1, 0.15) is 0 Å². The fraction of sp³-hybridized carbons (Fsp3) is 0.111. The summed E-state index contributed by atoms with van der Waals surface area (Å²) in [6.45, 7) is 2.00. The highest BCUT2D eigenvalue weighted by molar-refractivity contribution is 5.64. The van der Waals surface area contributed by atoms with E-state index < -0.39 is 11.7 Å². The molecule has 2 aromatic heterocycles. The molecule has 0 radical (unpaired) electrons. The highest BCUT2D eigenvalue weighted by Crippen LogP contribution is 2.29. The maximum atomic E-state index is 12.6. The first-order valence-corrected chi connectivity index (χ1v) is 7.01. The van der Waals surface area contributed by atoms with Crippen molar-refractivity contribution in [3.05, 3.63) is 71.9 Å². The minimum Gasteiger partial charge on any atom is -0.254 e. The lowest BCUT2D eigenvalue weighted by Gasteiger charge is -2.08. The van der Waals surface area contributed by atoms with Crippen LogP contribution in [0, 0.1) is 6.92 Å². The molecule has 0 aliphatic rings. The van der Waals surface area contributed by atoms with Gasteiger partial charge in [-0.2, -0.15) is 13.2 Å². The molecule has 3 aromatic rings. The zero-order valence-electron chi connectivity index (χ0n) is 12.3. The number of rotatable bonds is 2. The Balaban J connectivity index is 1.95. The van der Waals surface area contributed by atoms with E-state index >= 15 is 0 Å². The number of benzene rings is 1. The van der Waals surface area contributed by atoms with Crippen molar-refractivity contribution >= 4 is 0 Å². The molecule has 1 aromatic carbocycles. The summed E-state index contributed by atoms with van der Waals surface area (Å²) in [4.78, 5) is 8.37. The molecule has 0 bridgehead atoms. The number of nitrogens with zero attached hydrogens (tertiary/aromatic N) is 2.